The van der Waals surface area contributed by atoms with Crippen molar-refractivity contribution in [1.29, 1.82) is 0 Å². The number of hydrogen-bond donors (Lipinski definition) is 1. The van der Waals surface area contributed by atoms with Crippen molar-refractivity contribution in [3.05, 3.63) is 15.9 Å². The van der Waals surface area contributed by atoms with Crippen molar-refractivity contribution >= 4 is 37.3 Å². The molecule has 1 N–H and O–H groups in total. The highest BCUT2D eigenvalue weighted by atomic mass is 79.9. The minimum Gasteiger partial charge on any atom is -0.314 e. The molecular formula is C11H17BrN2O2S2. The van der Waals surface area contributed by atoms with Gasteiger partial charge in [-0.3, -0.25) is 0 Å². The number of nitrogens with one attached hydrogen (secondary N) is 1. The van der Waals surface area contributed by atoms with E-state index >= 15 is 0 Å². The van der Waals surface area contributed by atoms with Crippen LogP contribution < -0.4 is 5.32 Å². The van der Waals surface area contributed by atoms with Crippen LogP contribution in [0.15, 0.2) is 20.1 Å². The summed E-state index contributed by atoms with van der Waals surface area (Å²) in [6, 6.07) is 2.23. The first-order valence-electron chi connectivity index (χ1n) is 6.02. The lowest BCUT2D eigenvalue weighted by Gasteiger charge is -2.31. The fraction of sp³-hybridized carbons (Fsp3) is 0.636. The van der Waals surface area contributed by atoms with E-state index in [0.717, 1.165) is 19.4 Å². The summed E-state index contributed by atoms with van der Waals surface area (Å²) in [6.07, 6.45) is 1.77. The van der Waals surface area contributed by atoms with Gasteiger partial charge in [0.05, 0.1) is 0 Å². The van der Waals surface area contributed by atoms with Gasteiger partial charge in [-0.25, -0.2) is 8.42 Å². The molecule has 1 aliphatic rings. The molecule has 2 rings (SSSR count). The second kappa shape index (κ2) is 6.00. The van der Waals surface area contributed by atoms with Crippen LogP contribution in [0.3, 0.4) is 0 Å². The molecule has 0 unspecified atom stereocenters. The van der Waals surface area contributed by atoms with Crippen LogP contribution in [-0.4, -0.2) is 38.4 Å². The molecule has 1 aliphatic heterocycles. The molecule has 102 valence electrons. The van der Waals surface area contributed by atoms with Crippen molar-refractivity contribution in [2.75, 3.05) is 19.6 Å². The van der Waals surface area contributed by atoms with E-state index in [9.17, 15) is 8.42 Å². The zero-order valence-electron chi connectivity index (χ0n) is 10.2. The van der Waals surface area contributed by atoms with E-state index in [-0.39, 0.29) is 0 Å². The average Bonchev–Trinajstić information content (AvgIpc) is 2.77. The van der Waals surface area contributed by atoms with Gasteiger partial charge in [-0.15, -0.1) is 11.3 Å². The smallest absolute Gasteiger partial charge is 0.253 e. The van der Waals surface area contributed by atoms with Crippen molar-refractivity contribution < 1.29 is 8.42 Å². The van der Waals surface area contributed by atoms with Gasteiger partial charge in [-0.1, -0.05) is 6.92 Å². The molecule has 18 heavy (non-hydrogen) atoms. The Morgan fingerprint density at radius 2 is 2.17 bits per heavy atom. The highest BCUT2D eigenvalue weighted by Crippen LogP contribution is 2.31. The second-order valence-electron chi connectivity index (χ2n) is 4.29. The summed E-state index contributed by atoms with van der Waals surface area (Å²) < 4.78 is 27.5. The standard InChI is InChI=1S/C11H17BrN2O2S2/c1-2-13-9-3-6-14(7-4-9)18(15,16)11-10(12)5-8-17-11/h5,8-9,13H,2-4,6-7H2,1H3. The van der Waals surface area contributed by atoms with E-state index in [2.05, 4.69) is 28.2 Å². The zero-order valence-corrected chi connectivity index (χ0v) is 13.4. The van der Waals surface area contributed by atoms with Gasteiger partial charge in [0.25, 0.3) is 10.0 Å². The average molecular weight is 353 g/mol. The summed E-state index contributed by atoms with van der Waals surface area (Å²) in [7, 11) is -3.31. The second-order valence-corrected chi connectivity index (χ2v) is 8.20. The Labute approximate surface area is 121 Å². The number of piperidine rings is 1. The quantitative estimate of drug-likeness (QED) is 0.904. The maximum absolute atomic E-state index is 12.4. The SMILES string of the molecule is CCNC1CCN(S(=O)(=O)c2sccc2Br)CC1. The van der Waals surface area contributed by atoms with Crippen molar-refractivity contribution in [3.63, 3.8) is 0 Å². The molecule has 0 aromatic carbocycles. The van der Waals surface area contributed by atoms with Gasteiger partial charge in [-0.05, 0) is 46.8 Å². The van der Waals surface area contributed by atoms with Crippen LogP contribution in [0.25, 0.3) is 0 Å². The van der Waals surface area contributed by atoms with Crippen molar-refractivity contribution in [3.8, 4) is 0 Å². The number of rotatable bonds is 4. The molecule has 0 atom stereocenters. The zero-order chi connectivity index (χ0) is 13.2. The molecule has 1 aromatic rings. The number of hydrogen-bond acceptors (Lipinski definition) is 4. The maximum Gasteiger partial charge on any atom is 0.253 e. The summed E-state index contributed by atoms with van der Waals surface area (Å²) in [5.74, 6) is 0. The Bertz CT molecular complexity index is 493. The number of thiophene rings is 1. The highest BCUT2D eigenvalue weighted by molar-refractivity contribution is 9.10. The van der Waals surface area contributed by atoms with Crippen molar-refractivity contribution in [1.82, 2.24) is 9.62 Å². The Kier molecular flexibility index (Phi) is 4.82. The molecule has 4 nitrogen and oxygen atoms in total. The monoisotopic (exact) mass is 352 g/mol. The minimum atomic E-state index is -3.31. The van der Waals surface area contributed by atoms with E-state index < -0.39 is 10.0 Å². The lowest BCUT2D eigenvalue weighted by Crippen LogP contribution is -2.44. The molecule has 0 spiro atoms. The van der Waals surface area contributed by atoms with Crippen LogP contribution in [0, 0.1) is 0 Å². The Balaban J connectivity index is 2.08. The van der Waals surface area contributed by atoms with Crippen LogP contribution in [0.2, 0.25) is 0 Å². The molecule has 0 saturated carbocycles. The minimum absolute atomic E-state index is 0.421. The number of halogens is 1. The summed E-state index contributed by atoms with van der Waals surface area (Å²) in [6.45, 7) is 4.22. The predicted molar refractivity (Wildman–Crippen MR) is 77.5 cm³/mol. The molecule has 0 aliphatic carbocycles. The van der Waals surface area contributed by atoms with Gasteiger partial charge >= 0.3 is 0 Å². The largest absolute Gasteiger partial charge is 0.314 e. The first kappa shape index (κ1) is 14.5. The Hall–Kier alpha value is 0.0500. The Morgan fingerprint density at radius 3 is 2.67 bits per heavy atom. The number of sulfonamides is 1. The van der Waals surface area contributed by atoms with Gasteiger partial charge in [0.15, 0.2) is 0 Å². The third kappa shape index (κ3) is 2.96. The normalized spacial score (nSPS) is 19.2. The Morgan fingerprint density at radius 1 is 1.50 bits per heavy atom. The fourth-order valence-electron chi connectivity index (χ4n) is 2.17. The molecule has 0 amide bonds. The fourth-order valence-corrected chi connectivity index (χ4v) is 6.09. The molecule has 0 bridgehead atoms. The summed E-state index contributed by atoms with van der Waals surface area (Å²) in [4.78, 5) is 0. The van der Waals surface area contributed by atoms with Gasteiger partial charge in [0, 0.05) is 23.6 Å². The van der Waals surface area contributed by atoms with E-state index in [1.807, 2.05) is 0 Å². The number of nitrogens with zero attached hydrogens (tertiary/aromatic N) is 1. The molecule has 2 heterocycles. The molecule has 1 fully saturated rings. The molecule has 0 radical (unpaired) electrons. The third-order valence-electron chi connectivity index (χ3n) is 3.11. The molecule has 1 saturated heterocycles. The van der Waals surface area contributed by atoms with Crippen LogP contribution in [0.1, 0.15) is 19.8 Å². The van der Waals surface area contributed by atoms with Crippen molar-refractivity contribution in [2.45, 2.75) is 30.0 Å². The maximum atomic E-state index is 12.4. The van der Waals surface area contributed by atoms with Crippen LogP contribution in [0.5, 0.6) is 0 Å². The van der Waals surface area contributed by atoms with E-state index in [1.54, 1.807) is 15.8 Å². The van der Waals surface area contributed by atoms with Gasteiger partial charge < -0.3 is 5.32 Å². The molecule has 7 heteroatoms. The molecule has 1 aromatic heterocycles. The third-order valence-corrected chi connectivity index (χ3v) is 7.65. The van der Waals surface area contributed by atoms with Crippen LogP contribution in [-0.2, 0) is 10.0 Å². The van der Waals surface area contributed by atoms with Crippen LogP contribution >= 0.6 is 27.3 Å². The first-order valence-corrected chi connectivity index (χ1v) is 9.13. The van der Waals surface area contributed by atoms with Gasteiger partial charge in [0.2, 0.25) is 0 Å². The topological polar surface area (TPSA) is 49.4 Å². The predicted octanol–water partition coefficient (Wildman–Crippen LogP) is 2.27. The van der Waals surface area contributed by atoms with Gasteiger partial charge in [-0.2, -0.15) is 4.31 Å². The summed E-state index contributed by atoms with van der Waals surface area (Å²) >= 11 is 4.57. The van der Waals surface area contributed by atoms with Gasteiger partial charge in [0.1, 0.15) is 4.21 Å². The lowest BCUT2D eigenvalue weighted by molar-refractivity contribution is 0.292. The van der Waals surface area contributed by atoms with E-state index in [1.165, 1.54) is 11.3 Å². The molecular weight excluding hydrogens is 336 g/mol. The summed E-state index contributed by atoms with van der Waals surface area (Å²) in [5.41, 5.74) is 0. The van der Waals surface area contributed by atoms with E-state index in [4.69, 9.17) is 0 Å². The van der Waals surface area contributed by atoms with Crippen molar-refractivity contribution in [2.24, 2.45) is 0 Å². The first-order chi connectivity index (χ1) is 8.55. The van der Waals surface area contributed by atoms with Crippen LogP contribution in [0.4, 0.5) is 0 Å². The lowest BCUT2D eigenvalue weighted by atomic mass is 10.1. The van der Waals surface area contributed by atoms with E-state index in [0.29, 0.717) is 27.8 Å². The summed E-state index contributed by atoms with van der Waals surface area (Å²) in [5, 5.41) is 5.17. The highest BCUT2D eigenvalue weighted by Gasteiger charge is 2.31.